The van der Waals surface area contributed by atoms with E-state index in [9.17, 15) is 24.6 Å². The van der Waals surface area contributed by atoms with E-state index < -0.39 is 47.6 Å². The normalized spacial score (nSPS) is 31.9. The molecule has 1 aliphatic carbocycles. The Morgan fingerprint density at radius 1 is 1.02 bits per heavy atom. The number of aliphatic hydroxyl groups excluding tert-OH is 1. The number of hydrogen-bond donors (Lipinski definition) is 2. The van der Waals surface area contributed by atoms with Gasteiger partial charge in [-0.1, -0.05) is 58.1 Å². The summed E-state index contributed by atoms with van der Waals surface area (Å²) in [4.78, 5) is 42.6. The highest BCUT2D eigenvalue weighted by Gasteiger charge is 2.53. The van der Waals surface area contributed by atoms with Gasteiger partial charge in [0.15, 0.2) is 0 Å². The molecule has 0 spiro atoms. The molecule has 2 saturated heterocycles. The number of amides is 1. The molecule has 0 aromatic heterocycles. The summed E-state index contributed by atoms with van der Waals surface area (Å²) in [7, 11) is 3.24. The molecule has 10 atom stereocenters. The number of hydrogen-bond acceptors (Lipinski definition) is 9. The molecule has 278 valence electrons. The maximum atomic E-state index is 13.8. The number of methoxy groups -OCH3 is 2. The summed E-state index contributed by atoms with van der Waals surface area (Å²) >= 11 is 0. The van der Waals surface area contributed by atoms with Crippen LogP contribution in [0.25, 0.3) is 0 Å². The van der Waals surface area contributed by atoms with Gasteiger partial charge in [-0.15, -0.1) is 0 Å². The Balaban J connectivity index is 1.67. The minimum absolute atomic E-state index is 0.0681. The van der Waals surface area contributed by atoms with Crippen molar-refractivity contribution in [2.24, 2.45) is 17.8 Å². The highest BCUT2D eigenvalue weighted by atomic mass is 16.6. The van der Waals surface area contributed by atoms with E-state index in [1.54, 1.807) is 21.1 Å². The quantitative estimate of drug-likeness (QED) is 0.117. The number of piperidine rings is 1. The van der Waals surface area contributed by atoms with Crippen LogP contribution in [0.5, 0.6) is 0 Å². The lowest BCUT2D eigenvalue weighted by atomic mass is 9.79. The molecule has 0 aromatic carbocycles. The van der Waals surface area contributed by atoms with E-state index in [2.05, 4.69) is 19.9 Å². The van der Waals surface area contributed by atoms with E-state index in [4.69, 9.17) is 18.9 Å². The Morgan fingerprint density at radius 3 is 2.45 bits per heavy atom. The third-order valence-electron chi connectivity index (χ3n) is 10.9. The molecular formula is C39H63NO9. The van der Waals surface area contributed by atoms with E-state index in [0.717, 1.165) is 37.7 Å². The summed E-state index contributed by atoms with van der Waals surface area (Å²) < 4.78 is 23.4. The van der Waals surface area contributed by atoms with Gasteiger partial charge >= 0.3 is 5.97 Å². The first-order chi connectivity index (χ1) is 23.4. The molecule has 10 heteroatoms. The maximum Gasteiger partial charge on any atom is 0.329 e. The fourth-order valence-corrected chi connectivity index (χ4v) is 7.68. The van der Waals surface area contributed by atoms with Gasteiger partial charge in [-0.2, -0.15) is 0 Å². The monoisotopic (exact) mass is 689 g/mol. The van der Waals surface area contributed by atoms with Crippen LogP contribution in [0.1, 0.15) is 112 Å². The van der Waals surface area contributed by atoms with Crippen molar-refractivity contribution in [3.63, 3.8) is 0 Å². The van der Waals surface area contributed by atoms with Gasteiger partial charge in [-0.3, -0.25) is 9.59 Å². The number of likely N-dealkylation sites (tertiary alicyclic amines) is 1. The highest BCUT2D eigenvalue weighted by molar-refractivity contribution is 6.39. The van der Waals surface area contributed by atoms with Crippen molar-refractivity contribution in [3.8, 4) is 0 Å². The first-order valence-corrected chi connectivity index (χ1v) is 18.6. The second-order valence-corrected chi connectivity index (χ2v) is 14.5. The van der Waals surface area contributed by atoms with Gasteiger partial charge in [0.25, 0.3) is 11.7 Å². The number of allylic oxidation sites excluding steroid dienone is 5. The van der Waals surface area contributed by atoms with Crippen LogP contribution in [0, 0.1) is 17.8 Å². The molecule has 0 radical (unpaired) electrons. The van der Waals surface area contributed by atoms with Crippen LogP contribution in [-0.2, 0) is 33.3 Å². The van der Waals surface area contributed by atoms with E-state index in [1.807, 2.05) is 38.2 Å². The summed E-state index contributed by atoms with van der Waals surface area (Å²) in [5.74, 6) is -4.95. The molecule has 2 heterocycles. The Labute approximate surface area is 294 Å². The molecule has 2 aliphatic heterocycles. The maximum absolute atomic E-state index is 13.8. The minimum atomic E-state index is -2.30. The van der Waals surface area contributed by atoms with E-state index >= 15 is 0 Å². The zero-order valence-electron chi connectivity index (χ0n) is 31.0. The van der Waals surface area contributed by atoms with Crippen LogP contribution in [0.4, 0.5) is 0 Å². The summed E-state index contributed by atoms with van der Waals surface area (Å²) in [5, 5.41) is 21.9. The molecule has 3 aliphatic rings. The van der Waals surface area contributed by atoms with E-state index in [-0.39, 0.29) is 30.8 Å². The number of esters is 1. The zero-order chi connectivity index (χ0) is 36.1. The molecule has 0 unspecified atom stereocenters. The second-order valence-electron chi connectivity index (χ2n) is 14.5. The van der Waals surface area contributed by atoms with Gasteiger partial charge in [0.05, 0.1) is 24.4 Å². The molecule has 1 amide bonds. The van der Waals surface area contributed by atoms with Crippen molar-refractivity contribution in [1.82, 2.24) is 4.90 Å². The molecule has 0 aromatic rings. The fourth-order valence-electron chi connectivity index (χ4n) is 7.68. The number of aliphatic hydroxyl groups is 2. The van der Waals surface area contributed by atoms with Gasteiger partial charge in [-0.05, 0) is 95.0 Å². The molecular weight excluding hydrogens is 626 g/mol. The number of rotatable bonds is 16. The zero-order valence-corrected chi connectivity index (χ0v) is 31.0. The number of ether oxygens (including phenoxy) is 4. The van der Waals surface area contributed by atoms with Gasteiger partial charge in [0, 0.05) is 33.1 Å². The molecule has 1 saturated carbocycles. The lowest BCUT2D eigenvalue weighted by molar-refractivity contribution is -0.265. The highest BCUT2D eigenvalue weighted by Crippen LogP contribution is 2.37. The number of carbonyl (C=O) groups excluding carboxylic acids is 3. The van der Waals surface area contributed by atoms with Gasteiger partial charge in [0.1, 0.15) is 12.1 Å². The van der Waals surface area contributed by atoms with Crippen molar-refractivity contribution < 1.29 is 43.5 Å². The van der Waals surface area contributed by atoms with Crippen LogP contribution in [0.2, 0.25) is 0 Å². The lowest BCUT2D eigenvalue weighted by Crippen LogP contribution is -2.60. The Hall–Kier alpha value is -2.37. The standard InChI is InChI=1S/C39H63NO9/c1-8-10-11-12-13-16-26(3)34(46-6)25-30-20-18-28(5)39(45,49-30)36(42)37(43)40-22-15-14-17-31(40)38(44)48-33(9-2)27(4)23-29-19-21-32(41)35(24-29)47-7/h10-13,16,27-35,41,45H,8-9,14-15,17-25H2,1-7H3/b11-10+,13-12+,26-16+/t27-,28-,29+,30+,31+,32-,33+,34+,35-,39-/m1/s1. The second kappa shape index (κ2) is 19.9. The Kier molecular flexibility index (Phi) is 16.6. The van der Waals surface area contributed by atoms with Crippen molar-refractivity contribution in [3.05, 3.63) is 36.0 Å². The average molecular weight is 690 g/mol. The number of nitrogens with zero attached hydrogens (tertiary/aromatic N) is 1. The fraction of sp³-hybridized carbons (Fsp3) is 0.769. The summed E-state index contributed by atoms with van der Waals surface area (Å²) in [6.07, 6.45) is 16.2. The number of ketones is 1. The first-order valence-electron chi connectivity index (χ1n) is 18.6. The molecule has 49 heavy (non-hydrogen) atoms. The topological polar surface area (TPSA) is 132 Å². The van der Waals surface area contributed by atoms with Crippen LogP contribution >= 0.6 is 0 Å². The molecule has 10 nitrogen and oxygen atoms in total. The average Bonchev–Trinajstić information content (AvgIpc) is 3.10. The van der Waals surface area contributed by atoms with Crippen LogP contribution < -0.4 is 0 Å². The van der Waals surface area contributed by atoms with Crippen LogP contribution in [0.3, 0.4) is 0 Å². The third kappa shape index (κ3) is 11.1. The Morgan fingerprint density at radius 2 is 1.78 bits per heavy atom. The van der Waals surface area contributed by atoms with E-state index in [1.165, 1.54) is 4.90 Å². The summed E-state index contributed by atoms with van der Waals surface area (Å²) in [6.45, 7) is 10.0. The number of Topliss-reactive ketones (excluding diaryl/α,β-unsaturated/α-hetero) is 1. The summed E-state index contributed by atoms with van der Waals surface area (Å²) in [5.41, 5.74) is 0.975. The van der Waals surface area contributed by atoms with Crippen LogP contribution in [-0.4, -0.2) is 95.9 Å². The third-order valence-corrected chi connectivity index (χ3v) is 10.9. The van der Waals surface area contributed by atoms with Crippen molar-refractivity contribution in [2.45, 2.75) is 154 Å². The summed E-state index contributed by atoms with van der Waals surface area (Å²) in [6, 6.07) is -0.904. The van der Waals surface area contributed by atoms with Gasteiger partial charge in [-0.25, -0.2) is 4.79 Å². The number of carbonyl (C=O) groups is 3. The van der Waals surface area contributed by atoms with E-state index in [0.29, 0.717) is 50.9 Å². The molecule has 3 fully saturated rings. The van der Waals surface area contributed by atoms with Gasteiger partial charge in [0.2, 0.25) is 5.79 Å². The molecule has 0 bridgehead atoms. The van der Waals surface area contributed by atoms with Gasteiger partial charge < -0.3 is 34.1 Å². The molecule has 2 N–H and O–H groups in total. The SMILES string of the molecule is CC/C=C/C=C/C=C(\C)[C@H](C[C@@H]1CC[C@@H](C)[C@](O)(C(=O)C(=O)N2CCCC[C@H]2C(=O)O[C@@H](CC)[C@H](C)C[C@@H]2CC[C@@H](O)[C@H](OC)C2)O1)OC. The Bertz CT molecular complexity index is 1170. The lowest BCUT2D eigenvalue weighted by Gasteiger charge is -2.42. The molecule has 3 rings (SSSR count). The van der Waals surface area contributed by atoms with Crippen molar-refractivity contribution >= 4 is 17.7 Å². The predicted molar refractivity (Wildman–Crippen MR) is 188 cm³/mol. The predicted octanol–water partition coefficient (Wildman–Crippen LogP) is 5.84. The smallest absolute Gasteiger partial charge is 0.329 e. The van der Waals surface area contributed by atoms with Crippen LogP contribution in [0.15, 0.2) is 36.0 Å². The minimum Gasteiger partial charge on any atom is -0.461 e. The van der Waals surface area contributed by atoms with Crippen molar-refractivity contribution in [1.29, 1.82) is 0 Å². The van der Waals surface area contributed by atoms with Crippen molar-refractivity contribution in [2.75, 3.05) is 20.8 Å². The first kappa shape index (κ1) is 41.1. The largest absolute Gasteiger partial charge is 0.461 e.